The second kappa shape index (κ2) is 5.72. The van der Waals surface area contributed by atoms with Crippen LogP contribution in [0.5, 0.6) is 5.75 Å². The first-order valence-corrected chi connectivity index (χ1v) is 7.57. The van der Waals surface area contributed by atoms with Gasteiger partial charge in [-0.05, 0) is 75.2 Å². The molecule has 0 saturated heterocycles. The summed E-state index contributed by atoms with van der Waals surface area (Å²) in [5.41, 5.74) is 1.17. The van der Waals surface area contributed by atoms with Gasteiger partial charge in [-0.1, -0.05) is 6.42 Å². The first-order valence-electron chi connectivity index (χ1n) is 5.98. The summed E-state index contributed by atoms with van der Waals surface area (Å²) in [5, 5.41) is 13.2. The van der Waals surface area contributed by atoms with Crippen molar-refractivity contribution in [3.63, 3.8) is 0 Å². The van der Waals surface area contributed by atoms with Gasteiger partial charge in [-0.3, -0.25) is 0 Å². The van der Waals surface area contributed by atoms with Crippen LogP contribution in [-0.4, -0.2) is 11.1 Å². The first-order chi connectivity index (χ1) is 8.08. The average molecular weight is 363 g/mol. The number of nitrogens with one attached hydrogen (secondary N) is 1. The fourth-order valence-electron chi connectivity index (χ4n) is 2.11. The van der Waals surface area contributed by atoms with E-state index in [1.807, 2.05) is 12.1 Å². The molecule has 94 valence electrons. The van der Waals surface area contributed by atoms with Crippen molar-refractivity contribution in [3.8, 4) is 5.75 Å². The Balaban J connectivity index is 1.94. The van der Waals surface area contributed by atoms with Gasteiger partial charge in [0.25, 0.3) is 0 Å². The Morgan fingerprint density at radius 1 is 1.35 bits per heavy atom. The van der Waals surface area contributed by atoms with Crippen LogP contribution in [0.2, 0.25) is 0 Å². The zero-order valence-electron chi connectivity index (χ0n) is 9.84. The molecule has 1 fully saturated rings. The van der Waals surface area contributed by atoms with E-state index in [2.05, 4.69) is 44.1 Å². The summed E-state index contributed by atoms with van der Waals surface area (Å²) in [6.07, 6.45) is 4.10. The quantitative estimate of drug-likeness (QED) is 0.841. The van der Waals surface area contributed by atoms with Crippen LogP contribution in [0.4, 0.5) is 0 Å². The van der Waals surface area contributed by atoms with E-state index in [4.69, 9.17) is 0 Å². The molecule has 0 radical (unpaired) electrons. The van der Waals surface area contributed by atoms with Crippen LogP contribution in [0.25, 0.3) is 0 Å². The van der Waals surface area contributed by atoms with Crippen LogP contribution < -0.4 is 5.32 Å². The minimum atomic E-state index is 0.265. The summed E-state index contributed by atoms with van der Waals surface area (Å²) >= 11 is 6.70. The molecule has 1 saturated carbocycles. The molecule has 17 heavy (non-hydrogen) atoms. The fraction of sp³-hybridized carbons (Fsp3) is 0.538. The Morgan fingerprint density at radius 3 is 2.41 bits per heavy atom. The van der Waals surface area contributed by atoms with Gasteiger partial charge in [0.1, 0.15) is 5.75 Å². The predicted octanol–water partition coefficient (Wildman–Crippen LogP) is 4.20. The average Bonchev–Trinajstić information content (AvgIpc) is 2.20. The Labute approximate surface area is 119 Å². The monoisotopic (exact) mass is 361 g/mol. The molecule has 0 spiro atoms. The number of benzene rings is 1. The molecular weight excluding hydrogens is 346 g/mol. The molecule has 1 aliphatic carbocycles. The van der Waals surface area contributed by atoms with Crippen LogP contribution in [0.3, 0.4) is 0 Å². The lowest BCUT2D eigenvalue weighted by molar-refractivity contribution is 0.240. The van der Waals surface area contributed by atoms with E-state index in [1.165, 1.54) is 24.8 Å². The summed E-state index contributed by atoms with van der Waals surface area (Å²) in [4.78, 5) is 0. The standard InChI is InChI=1S/C13H17Br2NO/c1-8(10-3-2-4-10)16-7-9-5-11(14)13(17)12(15)6-9/h5-6,8,10,16-17H,2-4,7H2,1H3. The summed E-state index contributed by atoms with van der Waals surface area (Å²) < 4.78 is 1.47. The zero-order valence-corrected chi connectivity index (χ0v) is 13.0. The summed E-state index contributed by atoms with van der Waals surface area (Å²) in [7, 11) is 0. The van der Waals surface area contributed by atoms with E-state index in [0.29, 0.717) is 6.04 Å². The molecule has 0 aliphatic heterocycles. The molecule has 2 rings (SSSR count). The summed E-state index contributed by atoms with van der Waals surface area (Å²) in [6, 6.07) is 4.50. The van der Waals surface area contributed by atoms with E-state index in [-0.39, 0.29) is 5.75 Å². The van der Waals surface area contributed by atoms with Gasteiger partial charge in [-0.2, -0.15) is 0 Å². The highest BCUT2D eigenvalue weighted by molar-refractivity contribution is 9.11. The fourth-order valence-corrected chi connectivity index (χ4v) is 3.39. The molecule has 1 atom stereocenters. The minimum Gasteiger partial charge on any atom is -0.506 e. The lowest BCUT2D eigenvalue weighted by Gasteiger charge is -2.32. The lowest BCUT2D eigenvalue weighted by atomic mass is 9.80. The molecule has 1 unspecified atom stereocenters. The highest BCUT2D eigenvalue weighted by Crippen LogP contribution is 2.33. The van der Waals surface area contributed by atoms with Crippen LogP contribution in [-0.2, 0) is 6.54 Å². The van der Waals surface area contributed by atoms with Gasteiger partial charge in [0, 0.05) is 12.6 Å². The number of phenols is 1. The largest absolute Gasteiger partial charge is 0.506 e. The van der Waals surface area contributed by atoms with Gasteiger partial charge >= 0.3 is 0 Å². The maximum absolute atomic E-state index is 9.63. The number of phenolic OH excluding ortho intramolecular Hbond substituents is 1. The smallest absolute Gasteiger partial charge is 0.143 e. The van der Waals surface area contributed by atoms with E-state index in [9.17, 15) is 5.11 Å². The summed E-state index contributed by atoms with van der Waals surface area (Å²) in [5.74, 6) is 1.11. The van der Waals surface area contributed by atoms with Gasteiger partial charge in [0.15, 0.2) is 0 Å². The van der Waals surface area contributed by atoms with Crippen molar-refractivity contribution in [2.24, 2.45) is 5.92 Å². The maximum atomic E-state index is 9.63. The SMILES string of the molecule is CC(NCc1cc(Br)c(O)c(Br)c1)C1CCC1. The van der Waals surface area contributed by atoms with Crippen molar-refractivity contribution in [2.45, 2.75) is 38.8 Å². The van der Waals surface area contributed by atoms with E-state index >= 15 is 0 Å². The molecular formula is C13H17Br2NO. The van der Waals surface area contributed by atoms with Gasteiger partial charge in [0.05, 0.1) is 8.95 Å². The van der Waals surface area contributed by atoms with Crippen LogP contribution in [0.15, 0.2) is 21.1 Å². The maximum Gasteiger partial charge on any atom is 0.143 e. The second-order valence-electron chi connectivity index (χ2n) is 4.77. The Morgan fingerprint density at radius 2 is 1.94 bits per heavy atom. The van der Waals surface area contributed by atoms with Crippen molar-refractivity contribution >= 4 is 31.9 Å². The van der Waals surface area contributed by atoms with Crippen LogP contribution >= 0.6 is 31.9 Å². The van der Waals surface area contributed by atoms with Crippen molar-refractivity contribution in [1.29, 1.82) is 0 Å². The number of hydrogen-bond donors (Lipinski definition) is 2. The van der Waals surface area contributed by atoms with E-state index in [0.717, 1.165) is 21.4 Å². The van der Waals surface area contributed by atoms with Crippen LogP contribution in [0, 0.1) is 5.92 Å². The molecule has 1 aromatic rings. The van der Waals surface area contributed by atoms with Crippen molar-refractivity contribution in [3.05, 3.63) is 26.6 Å². The highest BCUT2D eigenvalue weighted by atomic mass is 79.9. The van der Waals surface area contributed by atoms with Gasteiger partial charge < -0.3 is 10.4 Å². The molecule has 1 aliphatic rings. The third kappa shape index (κ3) is 3.24. The van der Waals surface area contributed by atoms with Crippen molar-refractivity contribution < 1.29 is 5.11 Å². The number of hydrogen-bond acceptors (Lipinski definition) is 2. The Kier molecular flexibility index (Phi) is 4.50. The molecule has 4 heteroatoms. The van der Waals surface area contributed by atoms with E-state index < -0.39 is 0 Å². The predicted molar refractivity (Wildman–Crippen MR) is 77.1 cm³/mol. The normalized spacial score (nSPS) is 17.8. The molecule has 0 bridgehead atoms. The van der Waals surface area contributed by atoms with Gasteiger partial charge in [-0.25, -0.2) is 0 Å². The molecule has 0 amide bonds. The summed E-state index contributed by atoms with van der Waals surface area (Å²) in [6.45, 7) is 3.10. The number of halogens is 2. The van der Waals surface area contributed by atoms with Crippen LogP contribution in [0.1, 0.15) is 31.7 Å². The third-order valence-electron chi connectivity index (χ3n) is 3.56. The van der Waals surface area contributed by atoms with Gasteiger partial charge in [0.2, 0.25) is 0 Å². The molecule has 0 aromatic heterocycles. The van der Waals surface area contributed by atoms with Crippen molar-refractivity contribution in [2.75, 3.05) is 0 Å². The van der Waals surface area contributed by atoms with Gasteiger partial charge in [-0.15, -0.1) is 0 Å². The molecule has 0 heterocycles. The Hall–Kier alpha value is -0.0600. The first kappa shape index (κ1) is 13.4. The number of rotatable bonds is 4. The molecule has 2 N–H and O–H groups in total. The second-order valence-corrected chi connectivity index (χ2v) is 6.48. The zero-order chi connectivity index (χ0) is 12.4. The third-order valence-corrected chi connectivity index (χ3v) is 4.77. The van der Waals surface area contributed by atoms with Crippen molar-refractivity contribution in [1.82, 2.24) is 5.32 Å². The topological polar surface area (TPSA) is 32.3 Å². The molecule has 1 aromatic carbocycles. The van der Waals surface area contributed by atoms with E-state index in [1.54, 1.807) is 0 Å². The molecule has 2 nitrogen and oxygen atoms in total. The lowest BCUT2D eigenvalue weighted by Crippen LogP contribution is -2.36. The Bertz CT molecular complexity index is 381. The number of aromatic hydroxyl groups is 1. The highest BCUT2D eigenvalue weighted by Gasteiger charge is 2.23. The minimum absolute atomic E-state index is 0.265.